The fourth-order valence-electron chi connectivity index (χ4n) is 3.29. The van der Waals surface area contributed by atoms with Gasteiger partial charge in [0.2, 0.25) is 0 Å². The molecule has 0 spiro atoms. The van der Waals surface area contributed by atoms with Gasteiger partial charge in [0.25, 0.3) is 0 Å². The van der Waals surface area contributed by atoms with Crippen LogP contribution in [0.15, 0.2) is 23.2 Å². The molecule has 1 aromatic rings. The van der Waals surface area contributed by atoms with Crippen LogP contribution in [0, 0.1) is 5.92 Å². The van der Waals surface area contributed by atoms with Crippen molar-refractivity contribution in [1.29, 1.82) is 0 Å². The van der Waals surface area contributed by atoms with Crippen molar-refractivity contribution in [1.82, 2.24) is 10.2 Å². The van der Waals surface area contributed by atoms with E-state index in [2.05, 4.69) is 44.1 Å². The van der Waals surface area contributed by atoms with E-state index in [4.69, 9.17) is 19.2 Å². The number of aliphatic imine (C=N–C) groups is 1. The molecule has 1 aromatic carbocycles. The Balaban J connectivity index is 0.00000392. The molecule has 7 heteroatoms. The van der Waals surface area contributed by atoms with Crippen molar-refractivity contribution < 1.29 is 14.2 Å². The van der Waals surface area contributed by atoms with Crippen LogP contribution in [0.5, 0.6) is 11.5 Å². The van der Waals surface area contributed by atoms with E-state index >= 15 is 0 Å². The summed E-state index contributed by atoms with van der Waals surface area (Å²) in [7, 11) is 5.42. The zero-order chi connectivity index (χ0) is 19.9. The monoisotopic (exact) mass is 505 g/mol. The second kappa shape index (κ2) is 11.7. The van der Waals surface area contributed by atoms with Crippen LogP contribution in [-0.2, 0) is 10.2 Å². The number of nitrogens with one attached hydrogen (secondary N) is 1. The predicted molar refractivity (Wildman–Crippen MR) is 126 cm³/mol. The molecule has 1 aliphatic rings. The molecule has 1 fully saturated rings. The average Bonchev–Trinajstić information content (AvgIpc) is 3.17. The Hall–Kier alpha value is -1.22. The highest BCUT2D eigenvalue weighted by atomic mass is 127. The van der Waals surface area contributed by atoms with Gasteiger partial charge in [0.1, 0.15) is 0 Å². The molecule has 1 aliphatic heterocycles. The van der Waals surface area contributed by atoms with Crippen molar-refractivity contribution in [3.63, 3.8) is 0 Å². The van der Waals surface area contributed by atoms with Gasteiger partial charge in [-0.15, -0.1) is 24.0 Å². The van der Waals surface area contributed by atoms with Crippen LogP contribution in [0.25, 0.3) is 0 Å². The van der Waals surface area contributed by atoms with Gasteiger partial charge < -0.3 is 24.4 Å². The molecule has 2 rings (SSSR count). The maximum atomic E-state index is 5.50. The van der Waals surface area contributed by atoms with Crippen molar-refractivity contribution in [2.75, 3.05) is 54.1 Å². The van der Waals surface area contributed by atoms with E-state index in [1.165, 1.54) is 5.56 Å². The van der Waals surface area contributed by atoms with E-state index in [1.807, 2.05) is 12.1 Å². The molecule has 1 N–H and O–H groups in total. The van der Waals surface area contributed by atoms with Crippen molar-refractivity contribution >= 4 is 29.9 Å². The van der Waals surface area contributed by atoms with Gasteiger partial charge in [-0.05, 0) is 31.0 Å². The Kier molecular flexibility index (Phi) is 10.4. The number of guanidine groups is 1. The van der Waals surface area contributed by atoms with Crippen LogP contribution in [-0.4, -0.2) is 65.0 Å². The quantitative estimate of drug-likeness (QED) is 0.333. The van der Waals surface area contributed by atoms with Crippen molar-refractivity contribution in [3.05, 3.63) is 23.8 Å². The van der Waals surface area contributed by atoms with Gasteiger partial charge in [-0.25, -0.2) is 0 Å². The number of methoxy groups -OCH3 is 2. The van der Waals surface area contributed by atoms with E-state index < -0.39 is 0 Å². The number of hydrogen-bond acceptors (Lipinski definition) is 4. The lowest BCUT2D eigenvalue weighted by molar-refractivity contribution is 0.181. The lowest BCUT2D eigenvalue weighted by Crippen LogP contribution is -2.42. The Morgan fingerprint density at radius 1 is 1.29 bits per heavy atom. The summed E-state index contributed by atoms with van der Waals surface area (Å²) in [5.41, 5.74) is 1.05. The Bertz CT molecular complexity index is 631. The van der Waals surface area contributed by atoms with E-state index in [0.29, 0.717) is 12.5 Å². The molecule has 0 bridgehead atoms. The summed E-state index contributed by atoms with van der Waals surface area (Å²) in [4.78, 5) is 7.14. The molecular weight excluding hydrogens is 469 g/mol. The molecule has 1 heterocycles. The summed E-state index contributed by atoms with van der Waals surface area (Å²) < 4.78 is 16.3. The first-order valence-electron chi connectivity index (χ1n) is 9.71. The first-order chi connectivity index (χ1) is 12.9. The molecule has 28 heavy (non-hydrogen) atoms. The largest absolute Gasteiger partial charge is 0.493 e. The SMILES string of the molecule is CCNC(=NCC(C)(C)c1ccc(OC)c(OC)c1)N(C)CC1CCOC1.I. The highest BCUT2D eigenvalue weighted by molar-refractivity contribution is 14.0. The van der Waals surface area contributed by atoms with Gasteiger partial charge in [0.05, 0.1) is 27.4 Å². The lowest BCUT2D eigenvalue weighted by atomic mass is 9.84. The topological polar surface area (TPSA) is 55.3 Å². The Morgan fingerprint density at radius 2 is 2.00 bits per heavy atom. The van der Waals surface area contributed by atoms with Gasteiger partial charge in [-0.2, -0.15) is 0 Å². The third-order valence-corrected chi connectivity index (χ3v) is 5.04. The van der Waals surface area contributed by atoms with Gasteiger partial charge in [0, 0.05) is 38.1 Å². The number of halogens is 1. The van der Waals surface area contributed by atoms with E-state index in [-0.39, 0.29) is 29.4 Å². The second-order valence-corrected chi connectivity index (χ2v) is 7.73. The molecule has 0 radical (unpaired) electrons. The summed E-state index contributed by atoms with van der Waals surface area (Å²) in [6.07, 6.45) is 1.13. The van der Waals surface area contributed by atoms with Crippen LogP contribution in [0.3, 0.4) is 0 Å². The van der Waals surface area contributed by atoms with Crippen LogP contribution in [0.4, 0.5) is 0 Å². The fourth-order valence-corrected chi connectivity index (χ4v) is 3.29. The minimum Gasteiger partial charge on any atom is -0.493 e. The summed E-state index contributed by atoms with van der Waals surface area (Å²) >= 11 is 0. The lowest BCUT2D eigenvalue weighted by Gasteiger charge is -2.28. The summed E-state index contributed by atoms with van der Waals surface area (Å²) in [6.45, 7) is 10.7. The smallest absolute Gasteiger partial charge is 0.193 e. The van der Waals surface area contributed by atoms with Crippen molar-refractivity contribution in [2.24, 2.45) is 10.9 Å². The van der Waals surface area contributed by atoms with E-state index in [0.717, 1.165) is 50.2 Å². The van der Waals surface area contributed by atoms with E-state index in [9.17, 15) is 0 Å². The second-order valence-electron chi connectivity index (χ2n) is 7.73. The highest BCUT2D eigenvalue weighted by Gasteiger charge is 2.24. The standard InChI is InChI=1S/C21H35N3O3.HI/c1-7-22-20(24(4)13-16-10-11-27-14-16)23-15-21(2,3)17-8-9-18(25-5)19(12-17)26-6;/h8-9,12,16H,7,10-11,13-15H2,1-6H3,(H,22,23);1H. The number of benzene rings is 1. The molecule has 6 nitrogen and oxygen atoms in total. The summed E-state index contributed by atoms with van der Waals surface area (Å²) in [6, 6.07) is 6.08. The van der Waals surface area contributed by atoms with E-state index in [1.54, 1.807) is 14.2 Å². The van der Waals surface area contributed by atoms with Gasteiger partial charge >= 0.3 is 0 Å². The minimum atomic E-state index is -0.127. The van der Waals surface area contributed by atoms with Crippen molar-refractivity contribution in [2.45, 2.75) is 32.6 Å². The Labute approximate surface area is 187 Å². The van der Waals surface area contributed by atoms with Crippen LogP contribution < -0.4 is 14.8 Å². The molecule has 0 amide bonds. The Morgan fingerprint density at radius 3 is 2.57 bits per heavy atom. The third kappa shape index (κ3) is 6.69. The minimum absolute atomic E-state index is 0. The third-order valence-electron chi connectivity index (χ3n) is 5.04. The number of rotatable bonds is 8. The molecule has 0 aromatic heterocycles. The molecule has 1 unspecified atom stereocenters. The van der Waals surface area contributed by atoms with Crippen LogP contribution in [0.1, 0.15) is 32.8 Å². The summed E-state index contributed by atoms with van der Waals surface area (Å²) in [5, 5.41) is 3.41. The van der Waals surface area contributed by atoms with Gasteiger partial charge in [-0.1, -0.05) is 19.9 Å². The van der Waals surface area contributed by atoms with Crippen LogP contribution >= 0.6 is 24.0 Å². The molecule has 160 valence electrons. The molecular formula is C21H36IN3O3. The normalized spacial score (nSPS) is 17.1. The average molecular weight is 505 g/mol. The molecule has 1 atom stereocenters. The fraction of sp³-hybridized carbons (Fsp3) is 0.667. The molecule has 1 saturated heterocycles. The predicted octanol–water partition coefficient (Wildman–Crippen LogP) is 3.53. The highest BCUT2D eigenvalue weighted by Crippen LogP contribution is 2.33. The van der Waals surface area contributed by atoms with Crippen molar-refractivity contribution in [3.8, 4) is 11.5 Å². The number of hydrogen-bond donors (Lipinski definition) is 1. The van der Waals surface area contributed by atoms with Crippen LogP contribution in [0.2, 0.25) is 0 Å². The number of nitrogens with zero attached hydrogens (tertiary/aromatic N) is 2. The number of ether oxygens (including phenoxy) is 3. The summed E-state index contributed by atoms with van der Waals surface area (Å²) in [5.74, 6) is 3.01. The maximum absolute atomic E-state index is 5.50. The van der Waals surface area contributed by atoms with Gasteiger partial charge in [0.15, 0.2) is 17.5 Å². The molecule has 0 aliphatic carbocycles. The first kappa shape index (κ1) is 24.8. The first-order valence-corrected chi connectivity index (χ1v) is 9.71. The zero-order valence-corrected chi connectivity index (χ0v) is 20.4. The molecule has 0 saturated carbocycles. The maximum Gasteiger partial charge on any atom is 0.193 e. The zero-order valence-electron chi connectivity index (χ0n) is 18.1. The van der Waals surface area contributed by atoms with Gasteiger partial charge in [-0.3, -0.25) is 4.99 Å².